The Balaban J connectivity index is 2.75. The molecule has 4 heteroatoms. The molecule has 0 aromatic heterocycles. The monoisotopic (exact) mass is 208 g/mol. The van der Waals surface area contributed by atoms with E-state index in [1.54, 1.807) is 11.9 Å². The minimum absolute atomic E-state index is 0.0152. The van der Waals surface area contributed by atoms with E-state index in [2.05, 4.69) is 0 Å². The van der Waals surface area contributed by atoms with Gasteiger partial charge in [0.25, 0.3) is 0 Å². The molecule has 1 aromatic rings. The molecule has 0 aliphatic carbocycles. The summed E-state index contributed by atoms with van der Waals surface area (Å²) in [5.41, 5.74) is 2.01. The number of benzene rings is 1. The average molecular weight is 208 g/mol. The van der Waals surface area contributed by atoms with Gasteiger partial charge >= 0.3 is 5.97 Å². The molecular weight excluding hydrogens is 192 g/mol. The molecule has 1 rings (SSSR count). The average Bonchev–Trinajstić information content (AvgIpc) is 2.17. The standard InChI is InChI=1S/C11H16N2O2/c1-12(2)9-4-6-10(7-5-9)13(3)8-11(14)15/h4-7H,8H2,1-3H3,(H,14,15). The molecule has 1 N–H and O–H groups in total. The Kier molecular flexibility index (Phi) is 3.55. The Hall–Kier alpha value is -1.71. The molecule has 1 aromatic carbocycles. The third-order valence-electron chi connectivity index (χ3n) is 2.18. The van der Waals surface area contributed by atoms with Crippen LogP contribution in [0.1, 0.15) is 0 Å². The van der Waals surface area contributed by atoms with Crippen molar-refractivity contribution in [1.29, 1.82) is 0 Å². The first-order valence-corrected chi connectivity index (χ1v) is 4.71. The van der Waals surface area contributed by atoms with E-state index in [-0.39, 0.29) is 6.54 Å². The van der Waals surface area contributed by atoms with Gasteiger partial charge in [-0.1, -0.05) is 0 Å². The molecule has 0 aliphatic heterocycles. The van der Waals surface area contributed by atoms with Gasteiger partial charge in [-0.05, 0) is 24.3 Å². The van der Waals surface area contributed by atoms with E-state index < -0.39 is 5.97 Å². The summed E-state index contributed by atoms with van der Waals surface area (Å²) in [6, 6.07) is 7.76. The Morgan fingerprint density at radius 3 is 2.00 bits per heavy atom. The number of hydrogen-bond acceptors (Lipinski definition) is 3. The minimum Gasteiger partial charge on any atom is -0.480 e. The number of rotatable bonds is 4. The van der Waals surface area contributed by atoms with Crippen LogP contribution in [-0.4, -0.2) is 38.8 Å². The molecule has 0 aliphatic rings. The second-order valence-electron chi connectivity index (χ2n) is 3.66. The van der Waals surface area contributed by atoms with Crippen LogP contribution >= 0.6 is 0 Å². The van der Waals surface area contributed by atoms with Crippen LogP contribution in [0.4, 0.5) is 11.4 Å². The van der Waals surface area contributed by atoms with Crippen LogP contribution in [0.25, 0.3) is 0 Å². The van der Waals surface area contributed by atoms with Gasteiger partial charge in [0.05, 0.1) is 0 Å². The van der Waals surface area contributed by atoms with E-state index >= 15 is 0 Å². The highest BCUT2D eigenvalue weighted by Gasteiger charge is 2.05. The summed E-state index contributed by atoms with van der Waals surface area (Å²) in [6.45, 7) is 0.0152. The van der Waals surface area contributed by atoms with E-state index in [4.69, 9.17) is 5.11 Å². The molecule has 15 heavy (non-hydrogen) atoms. The molecule has 0 radical (unpaired) electrons. The smallest absolute Gasteiger partial charge is 0.323 e. The molecule has 0 spiro atoms. The molecule has 0 heterocycles. The highest BCUT2D eigenvalue weighted by atomic mass is 16.4. The summed E-state index contributed by atoms with van der Waals surface area (Å²) in [5.74, 6) is -0.825. The van der Waals surface area contributed by atoms with Crippen LogP contribution in [0.5, 0.6) is 0 Å². The molecular formula is C11H16N2O2. The van der Waals surface area contributed by atoms with E-state index in [9.17, 15) is 4.79 Å². The van der Waals surface area contributed by atoms with E-state index in [1.165, 1.54) is 0 Å². The fraction of sp³-hybridized carbons (Fsp3) is 0.364. The van der Waals surface area contributed by atoms with Gasteiger partial charge in [0.2, 0.25) is 0 Å². The molecule has 0 atom stereocenters. The van der Waals surface area contributed by atoms with Crippen LogP contribution < -0.4 is 9.80 Å². The number of carboxylic acid groups (broad SMARTS) is 1. The molecule has 0 saturated carbocycles. The maximum atomic E-state index is 10.5. The molecule has 0 bridgehead atoms. The molecule has 82 valence electrons. The highest BCUT2D eigenvalue weighted by Crippen LogP contribution is 2.18. The first-order valence-electron chi connectivity index (χ1n) is 4.71. The van der Waals surface area contributed by atoms with E-state index in [0.29, 0.717) is 0 Å². The van der Waals surface area contributed by atoms with Crippen molar-refractivity contribution in [2.75, 3.05) is 37.5 Å². The predicted molar refractivity (Wildman–Crippen MR) is 61.7 cm³/mol. The van der Waals surface area contributed by atoms with Crippen molar-refractivity contribution in [1.82, 2.24) is 0 Å². The zero-order chi connectivity index (χ0) is 11.4. The Labute approximate surface area is 89.7 Å². The first-order chi connectivity index (χ1) is 7.00. The lowest BCUT2D eigenvalue weighted by Gasteiger charge is -2.18. The van der Waals surface area contributed by atoms with Gasteiger partial charge in [-0.25, -0.2) is 0 Å². The van der Waals surface area contributed by atoms with Gasteiger partial charge in [0.1, 0.15) is 6.54 Å². The molecule has 0 saturated heterocycles. The maximum Gasteiger partial charge on any atom is 0.323 e. The van der Waals surface area contributed by atoms with Crippen LogP contribution in [-0.2, 0) is 4.79 Å². The van der Waals surface area contributed by atoms with Crippen LogP contribution in [0.2, 0.25) is 0 Å². The van der Waals surface area contributed by atoms with E-state index in [1.807, 2.05) is 43.3 Å². The van der Waals surface area contributed by atoms with Crippen LogP contribution in [0.3, 0.4) is 0 Å². The number of likely N-dealkylation sites (N-methyl/N-ethyl adjacent to an activating group) is 1. The minimum atomic E-state index is -0.825. The number of aliphatic carboxylic acids is 1. The Morgan fingerprint density at radius 1 is 1.13 bits per heavy atom. The summed E-state index contributed by atoms with van der Waals surface area (Å²) in [5, 5.41) is 8.64. The largest absolute Gasteiger partial charge is 0.480 e. The van der Waals surface area contributed by atoms with Crippen molar-refractivity contribution >= 4 is 17.3 Å². The molecule has 0 unspecified atom stereocenters. The number of nitrogens with zero attached hydrogens (tertiary/aromatic N) is 2. The van der Waals surface area contributed by atoms with Crippen LogP contribution in [0, 0.1) is 0 Å². The molecule has 0 fully saturated rings. The fourth-order valence-electron chi connectivity index (χ4n) is 1.30. The van der Waals surface area contributed by atoms with Crippen molar-refractivity contribution in [3.63, 3.8) is 0 Å². The summed E-state index contributed by atoms with van der Waals surface area (Å²) in [6.07, 6.45) is 0. The molecule has 0 amide bonds. The zero-order valence-corrected chi connectivity index (χ0v) is 9.27. The van der Waals surface area contributed by atoms with Crippen molar-refractivity contribution in [3.05, 3.63) is 24.3 Å². The summed E-state index contributed by atoms with van der Waals surface area (Å²) in [4.78, 5) is 14.2. The maximum absolute atomic E-state index is 10.5. The number of carbonyl (C=O) groups is 1. The van der Waals surface area contributed by atoms with Crippen molar-refractivity contribution < 1.29 is 9.90 Å². The topological polar surface area (TPSA) is 43.8 Å². The normalized spacial score (nSPS) is 9.80. The second kappa shape index (κ2) is 4.68. The van der Waals surface area contributed by atoms with Gasteiger partial charge in [-0.2, -0.15) is 0 Å². The third kappa shape index (κ3) is 3.16. The lowest BCUT2D eigenvalue weighted by Crippen LogP contribution is -2.25. The fourth-order valence-corrected chi connectivity index (χ4v) is 1.30. The van der Waals surface area contributed by atoms with Gasteiger partial charge in [0, 0.05) is 32.5 Å². The van der Waals surface area contributed by atoms with Gasteiger partial charge in [-0.3, -0.25) is 4.79 Å². The summed E-state index contributed by atoms with van der Waals surface area (Å²) >= 11 is 0. The van der Waals surface area contributed by atoms with E-state index in [0.717, 1.165) is 11.4 Å². The van der Waals surface area contributed by atoms with Crippen LogP contribution in [0.15, 0.2) is 24.3 Å². The number of anilines is 2. The highest BCUT2D eigenvalue weighted by molar-refractivity contribution is 5.73. The summed E-state index contributed by atoms with van der Waals surface area (Å²) < 4.78 is 0. The number of hydrogen-bond donors (Lipinski definition) is 1. The van der Waals surface area contributed by atoms with Crippen molar-refractivity contribution in [2.45, 2.75) is 0 Å². The van der Waals surface area contributed by atoms with Crippen molar-refractivity contribution in [3.8, 4) is 0 Å². The zero-order valence-electron chi connectivity index (χ0n) is 9.27. The third-order valence-corrected chi connectivity index (χ3v) is 2.18. The van der Waals surface area contributed by atoms with Gasteiger partial charge in [0.15, 0.2) is 0 Å². The quantitative estimate of drug-likeness (QED) is 0.809. The molecule has 4 nitrogen and oxygen atoms in total. The lowest BCUT2D eigenvalue weighted by atomic mass is 10.2. The van der Waals surface area contributed by atoms with Gasteiger partial charge < -0.3 is 14.9 Å². The first kappa shape index (κ1) is 11.4. The summed E-state index contributed by atoms with van der Waals surface area (Å²) in [7, 11) is 5.70. The number of carboxylic acids is 1. The Morgan fingerprint density at radius 2 is 1.60 bits per heavy atom. The van der Waals surface area contributed by atoms with Crippen molar-refractivity contribution in [2.24, 2.45) is 0 Å². The second-order valence-corrected chi connectivity index (χ2v) is 3.66. The lowest BCUT2D eigenvalue weighted by molar-refractivity contribution is -0.135. The predicted octanol–water partition coefficient (Wildman–Crippen LogP) is 1.27. The SMILES string of the molecule is CN(C)c1ccc(N(C)CC(=O)O)cc1. The Bertz CT molecular complexity index is 333. The van der Waals surface area contributed by atoms with Gasteiger partial charge in [-0.15, -0.1) is 0 Å².